The molecule has 1 rings (SSSR count). The van der Waals surface area contributed by atoms with E-state index in [4.69, 9.17) is 26.2 Å². The average Bonchev–Trinajstić information content (AvgIpc) is 2.30. The molecule has 1 N–H and O–H groups in total. The van der Waals surface area contributed by atoms with Crippen LogP contribution >= 0.6 is 11.6 Å². The molecule has 0 unspecified atom stereocenters. The van der Waals surface area contributed by atoms with Crippen LogP contribution in [0.2, 0.25) is 5.02 Å². The zero-order chi connectivity index (χ0) is 12.7. The van der Waals surface area contributed by atoms with Crippen molar-refractivity contribution in [3.05, 3.63) is 28.8 Å². The number of rotatable bonds is 7. The number of halogens is 1. The van der Waals surface area contributed by atoms with E-state index in [0.717, 1.165) is 12.8 Å². The Labute approximate surface area is 105 Å². The predicted molar refractivity (Wildman–Crippen MR) is 65.0 cm³/mol. The van der Waals surface area contributed by atoms with E-state index in [0.29, 0.717) is 24.0 Å². The minimum Gasteiger partial charge on any atom is -0.493 e. The number of carboxylic acids is 1. The van der Waals surface area contributed by atoms with Crippen LogP contribution in [0.1, 0.15) is 23.2 Å². The van der Waals surface area contributed by atoms with Crippen LogP contribution in [0.4, 0.5) is 0 Å². The quantitative estimate of drug-likeness (QED) is 0.764. The molecule has 0 aliphatic heterocycles. The Morgan fingerprint density at radius 2 is 2.06 bits per heavy atom. The van der Waals surface area contributed by atoms with Gasteiger partial charge in [0.25, 0.3) is 0 Å². The van der Waals surface area contributed by atoms with Gasteiger partial charge in [0.1, 0.15) is 11.3 Å². The zero-order valence-corrected chi connectivity index (χ0v) is 10.4. The molecule has 5 heteroatoms. The fourth-order valence-electron chi connectivity index (χ4n) is 1.33. The highest BCUT2D eigenvalue weighted by atomic mass is 35.5. The SMILES string of the molecule is COCCCCOc1ccc(Cl)cc1C(=O)O. The van der Waals surface area contributed by atoms with E-state index in [1.165, 1.54) is 6.07 Å². The monoisotopic (exact) mass is 258 g/mol. The second kappa shape index (κ2) is 7.14. The van der Waals surface area contributed by atoms with Gasteiger partial charge in [-0.25, -0.2) is 4.79 Å². The van der Waals surface area contributed by atoms with Crippen LogP contribution in [0.15, 0.2) is 18.2 Å². The third-order valence-electron chi connectivity index (χ3n) is 2.17. The van der Waals surface area contributed by atoms with E-state index in [1.807, 2.05) is 0 Å². The molecule has 0 aliphatic carbocycles. The Kier molecular flexibility index (Phi) is 5.80. The van der Waals surface area contributed by atoms with Crippen molar-refractivity contribution in [1.29, 1.82) is 0 Å². The van der Waals surface area contributed by atoms with Gasteiger partial charge in [-0.15, -0.1) is 0 Å². The lowest BCUT2D eigenvalue weighted by Crippen LogP contribution is -2.05. The number of aromatic carboxylic acids is 1. The smallest absolute Gasteiger partial charge is 0.339 e. The zero-order valence-electron chi connectivity index (χ0n) is 9.61. The van der Waals surface area contributed by atoms with Crippen LogP contribution in [0, 0.1) is 0 Å². The van der Waals surface area contributed by atoms with E-state index in [1.54, 1.807) is 19.2 Å². The molecule has 0 fully saturated rings. The molecule has 0 radical (unpaired) electrons. The molecule has 0 saturated heterocycles. The summed E-state index contributed by atoms with van der Waals surface area (Å²) in [6, 6.07) is 4.56. The van der Waals surface area contributed by atoms with E-state index in [2.05, 4.69) is 0 Å². The van der Waals surface area contributed by atoms with E-state index in [9.17, 15) is 4.79 Å². The molecule has 0 saturated carbocycles. The summed E-state index contributed by atoms with van der Waals surface area (Å²) in [6.07, 6.45) is 1.70. The van der Waals surface area contributed by atoms with Crippen molar-refractivity contribution in [3.63, 3.8) is 0 Å². The first-order chi connectivity index (χ1) is 8.15. The van der Waals surface area contributed by atoms with Crippen molar-refractivity contribution in [3.8, 4) is 5.75 Å². The number of carbonyl (C=O) groups is 1. The van der Waals surface area contributed by atoms with Crippen LogP contribution in [0.25, 0.3) is 0 Å². The Morgan fingerprint density at radius 1 is 1.35 bits per heavy atom. The van der Waals surface area contributed by atoms with Gasteiger partial charge in [-0.3, -0.25) is 0 Å². The molecule has 17 heavy (non-hydrogen) atoms. The largest absolute Gasteiger partial charge is 0.493 e. The molecule has 1 aromatic carbocycles. The number of methoxy groups -OCH3 is 1. The number of hydrogen-bond donors (Lipinski definition) is 1. The highest BCUT2D eigenvalue weighted by molar-refractivity contribution is 6.31. The van der Waals surface area contributed by atoms with Gasteiger partial charge >= 0.3 is 5.97 Å². The molecule has 0 bridgehead atoms. The lowest BCUT2D eigenvalue weighted by atomic mass is 10.2. The van der Waals surface area contributed by atoms with Crippen molar-refractivity contribution >= 4 is 17.6 Å². The molecule has 94 valence electrons. The number of carboxylic acid groups (broad SMARTS) is 1. The molecular formula is C12H15ClO4. The Balaban J connectivity index is 2.55. The topological polar surface area (TPSA) is 55.8 Å². The first kappa shape index (κ1) is 13.8. The molecule has 4 nitrogen and oxygen atoms in total. The number of unbranched alkanes of at least 4 members (excludes halogenated alkanes) is 1. The van der Waals surface area contributed by atoms with Gasteiger partial charge in [-0.1, -0.05) is 11.6 Å². The summed E-state index contributed by atoms with van der Waals surface area (Å²) in [5.74, 6) is -0.696. The summed E-state index contributed by atoms with van der Waals surface area (Å²) in [7, 11) is 1.64. The van der Waals surface area contributed by atoms with Crippen molar-refractivity contribution in [1.82, 2.24) is 0 Å². The maximum absolute atomic E-state index is 11.0. The van der Waals surface area contributed by atoms with Crippen LogP contribution in [0.3, 0.4) is 0 Å². The molecule has 0 amide bonds. The molecular weight excluding hydrogens is 244 g/mol. The lowest BCUT2D eigenvalue weighted by Gasteiger charge is -2.09. The summed E-state index contributed by atoms with van der Waals surface area (Å²) in [5, 5.41) is 9.36. The average molecular weight is 259 g/mol. The maximum atomic E-state index is 11.0. The lowest BCUT2D eigenvalue weighted by molar-refractivity contribution is 0.0692. The molecule has 0 aromatic heterocycles. The summed E-state index contributed by atoms with van der Waals surface area (Å²) in [4.78, 5) is 11.0. The summed E-state index contributed by atoms with van der Waals surface area (Å²) in [6.45, 7) is 1.14. The minimum atomic E-state index is -1.04. The first-order valence-corrected chi connectivity index (χ1v) is 5.67. The van der Waals surface area contributed by atoms with E-state index in [-0.39, 0.29) is 5.56 Å². The molecule has 0 atom stereocenters. The molecule has 0 heterocycles. The minimum absolute atomic E-state index is 0.0873. The molecule has 0 aliphatic rings. The normalized spacial score (nSPS) is 10.2. The van der Waals surface area contributed by atoms with Gasteiger partial charge in [-0.2, -0.15) is 0 Å². The fourth-order valence-corrected chi connectivity index (χ4v) is 1.50. The van der Waals surface area contributed by atoms with Gasteiger partial charge in [0.15, 0.2) is 0 Å². The van der Waals surface area contributed by atoms with Crippen molar-refractivity contribution in [2.24, 2.45) is 0 Å². The van der Waals surface area contributed by atoms with Crippen LogP contribution in [-0.4, -0.2) is 31.4 Å². The van der Waals surface area contributed by atoms with Gasteiger partial charge in [0.2, 0.25) is 0 Å². The van der Waals surface area contributed by atoms with Crippen LogP contribution in [0.5, 0.6) is 5.75 Å². The first-order valence-electron chi connectivity index (χ1n) is 5.29. The summed E-state index contributed by atoms with van der Waals surface area (Å²) >= 11 is 5.73. The third kappa shape index (κ3) is 4.63. The van der Waals surface area contributed by atoms with Crippen molar-refractivity contribution in [2.45, 2.75) is 12.8 Å². The fraction of sp³-hybridized carbons (Fsp3) is 0.417. The Morgan fingerprint density at radius 3 is 2.71 bits per heavy atom. The van der Waals surface area contributed by atoms with Crippen molar-refractivity contribution in [2.75, 3.05) is 20.3 Å². The maximum Gasteiger partial charge on any atom is 0.339 e. The Hall–Kier alpha value is -1.26. The third-order valence-corrected chi connectivity index (χ3v) is 2.41. The highest BCUT2D eigenvalue weighted by Crippen LogP contribution is 2.23. The second-order valence-corrected chi connectivity index (χ2v) is 3.93. The summed E-state index contributed by atoms with van der Waals surface area (Å²) in [5.41, 5.74) is 0.0873. The number of benzene rings is 1. The highest BCUT2D eigenvalue weighted by Gasteiger charge is 2.11. The Bertz CT molecular complexity index is 379. The summed E-state index contributed by atoms with van der Waals surface area (Å²) < 4.78 is 10.3. The number of hydrogen-bond acceptors (Lipinski definition) is 3. The van der Waals surface area contributed by atoms with E-state index < -0.39 is 5.97 Å². The standard InChI is InChI=1S/C12H15ClO4/c1-16-6-2-3-7-17-11-5-4-9(13)8-10(11)12(14)15/h4-5,8H,2-3,6-7H2,1H3,(H,14,15). The molecule has 0 spiro atoms. The van der Waals surface area contributed by atoms with Gasteiger partial charge in [0, 0.05) is 18.7 Å². The van der Waals surface area contributed by atoms with Gasteiger partial charge in [-0.05, 0) is 31.0 Å². The number of ether oxygens (including phenoxy) is 2. The van der Waals surface area contributed by atoms with Gasteiger partial charge < -0.3 is 14.6 Å². The van der Waals surface area contributed by atoms with Crippen LogP contribution in [-0.2, 0) is 4.74 Å². The van der Waals surface area contributed by atoms with Gasteiger partial charge in [0.05, 0.1) is 6.61 Å². The van der Waals surface area contributed by atoms with E-state index >= 15 is 0 Å². The predicted octanol–water partition coefficient (Wildman–Crippen LogP) is 2.84. The van der Waals surface area contributed by atoms with Crippen molar-refractivity contribution < 1.29 is 19.4 Å². The van der Waals surface area contributed by atoms with Crippen LogP contribution < -0.4 is 4.74 Å². The molecule has 1 aromatic rings. The second-order valence-electron chi connectivity index (χ2n) is 3.49.